The standard InChI is InChI=1S/C13H11F3O3S/c1-8-6-7-10-4-3-5-11(12(10)9(8)2)19-20(17,18)13(14,15)16/h3-7H,1-2H3. The third kappa shape index (κ3) is 2.45. The summed E-state index contributed by atoms with van der Waals surface area (Å²) < 4.78 is 63.6. The fraction of sp³-hybridized carbons (Fsp3) is 0.231. The van der Waals surface area contributed by atoms with Crippen molar-refractivity contribution in [1.82, 2.24) is 0 Å². The van der Waals surface area contributed by atoms with Gasteiger partial charge in [0.05, 0.1) is 0 Å². The van der Waals surface area contributed by atoms with Crippen molar-refractivity contribution in [3.05, 3.63) is 41.5 Å². The van der Waals surface area contributed by atoms with Crippen LogP contribution in [0.3, 0.4) is 0 Å². The van der Waals surface area contributed by atoms with Crippen LogP contribution in [0.25, 0.3) is 10.8 Å². The Bertz CT molecular complexity index is 764. The van der Waals surface area contributed by atoms with Crippen LogP contribution in [0, 0.1) is 13.8 Å². The Morgan fingerprint density at radius 1 is 1.05 bits per heavy atom. The van der Waals surface area contributed by atoms with Crippen LogP contribution in [0.2, 0.25) is 0 Å². The quantitative estimate of drug-likeness (QED) is 0.628. The average molecular weight is 304 g/mol. The molecule has 3 nitrogen and oxygen atoms in total. The second-order valence-electron chi connectivity index (χ2n) is 4.34. The van der Waals surface area contributed by atoms with Crippen LogP contribution in [0.15, 0.2) is 30.3 Å². The molecule has 0 unspecified atom stereocenters. The first-order valence-corrected chi connectivity index (χ1v) is 7.04. The van der Waals surface area contributed by atoms with Gasteiger partial charge in [0.15, 0.2) is 5.75 Å². The van der Waals surface area contributed by atoms with Gasteiger partial charge >= 0.3 is 15.6 Å². The minimum Gasteiger partial charge on any atom is -0.375 e. The molecule has 7 heteroatoms. The molecule has 20 heavy (non-hydrogen) atoms. The van der Waals surface area contributed by atoms with Gasteiger partial charge < -0.3 is 4.18 Å². The molecule has 0 aromatic heterocycles. The zero-order chi connectivity index (χ0) is 15.1. The number of benzene rings is 2. The molecular weight excluding hydrogens is 293 g/mol. The minimum atomic E-state index is -5.67. The van der Waals surface area contributed by atoms with E-state index in [1.807, 2.05) is 0 Å². The zero-order valence-corrected chi connectivity index (χ0v) is 11.5. The van der Waals surface area contributed by atoms with Crippen molar-refractivity contribution >= 4 is 20.9 Å². The summed E-state index contributed by atoms with van der Waals surface area (Å²) in [5.74, 6) is -0.318. The fourth-order valence-electron chi connectivity index (χ4n) is 1.86. The van der Waals surface area contributed by atoms with E-state index in [2.05, 4.69) is 4.18 Å². The molecule has 0 aliphatic carbocycles. The summed E-state index contributed by atoms with van der Waals surface area (Å²) in [6.07, 6.45) is 0. The summed E-state index contributed by atoms with van der Waals surface area (Å²) in [7, 11) is -5.67. The van der Waals surface area contributed by atoms with E-state index in [0.717, 1.165) is 5.56 Å². The highest BCUT2D eigenvalue weighted by molar-refractivity contribution is 7.88. The summed E-state index contributed by atoms with van der Waals surface area (Å²) in [6, 6.07) is 7.83. The third-order valence-electron chi connectivity index (χ3n) is 3.02. The van der Waals surface area contributed by atoms with Crippen LogP contribution < -0.4 is 4.18 Å². The maximum Gasteiger partial charge on any atom is 0.534 e. The van der Waals surface area contributed by atoms with E-state index in [-0.39, 0.29) is 5.75 Å². The van der Waals surface area contributed by atoms with Crippen LogP contribution in [0.4, 0.5) is 13.2 Å². The highest BCUT2D eigenvalue weighted by atomic mass is 32.2. The van der Waals surface area contributed by atoms with Gasteiger partial charge in [-0.2, -0.15) is 21.6 Å². The van der Waals surface area contributed by atoms with Crippen LogP contribution >= 0.6 is 0 Å². The molecule has 0 atom stereocenters. The minimum absolute atomic E-state index is 0.318. The molecule has 0 spiro atoms. The second kappa shape index (κ2) is 4.66. The zero-order valence-electron chi connectivity index (χ0n) is 10.7. The number of hydrogen-bond acceptors (Lipinski definition) is 3. The van der Waals surface area contributed by atoms with Gasteiger partial charge in [-0.15, -0.1) is 0 Å². The average Bonchev–Trinajstić information content (AvgIpc) is 2.32. The molecule has 0 saturated carbocycles. The number of aryl methyl sites for hydroxylation is 2. The normalized spacial score (nSPS) is 12.7. The van der Waals surface area contributed by atoms with Gasteiger partial charge in [0.2, 0.25) is 0 Å². The van der Waals surface area contributed by atoms with Gasteiger partial charge in [-0.25, -0.2) is 0 Å². The molecule has 0 aliphatic rings. The van der Waals surface area contributed by atoms with Crippen molar-refractivity contribution in [2.24, 2.45) is 0 Å². The smallest absolute Gasteiger partial charge is 0.375 e. The van der Waals surface area contributed by atoms with Crippen LogP contribution in [0.1, 0.15) is 11.1 Å². The third-order valence-corrected chi connectivity index (χ3v) is 3.99. The van der Waals surface area contributed by atoms with Crippen molar-refractivity contribution in [2.75, 3.05) is 0 Å². The van der Waals surface area contributed by atoms with Crippen molar-refractivity contribution in [1.29, 1.82) is 0 Å². The van der Waals surface area contributed by atoms with Gasteiger partial charge in [0.25, 0.3) is 0 Å². The van der Waals surface area contributed by atoms with Gasteiger partial charge in [0.1, 0.15) is 0 Å². The highest BCUT2D eigenvalue weighted by Crippen LogP contribution is 2.34. The number of hydrogen-bond donors (Lipinski definition) is 0. The number of halogens is 3. The molecular formula is C13H11F3O3S. The van der Waals surface area contributed by atoms with E-state index >= 15 is 0 Å². The Labute approximate surface area is 114 Å². The van der Waals surface area contributed by atoms with E-state index in [0.29, 0.717) is 16.3 Å². The molecule has 108 valence electrons. The molecule has 2 rings (SSSR count). The molecule has 0 N–H and O–H groups in total. The van der Waals surface area contributed by atoms with Gasteiger partial charge in [-0.1, -0.05) is 24.3 Å². The molecule has 0 saturated heterocycles. The molecule has 0 heterocycles. The van der Waals surface area contributed by atoms with Crippen molar-refractivity contribution < 1.29 is 25.8 Å². The van der Waals surface area contributed by atoms with E-state index in [1.54, 1.807) is 32.0 Å². The molecule has 2 aromatic carbocycles. The summed E-state index contributed by atoms with van der Waals surface area (Å²) in [5, 5.41) is 0.975. The Kier molecular flexibility index (Phi) is 3.41. The lowest BCUT2D eigenvalue weighted by molar-refractivity contribution is -0.0499. The Morgan fingerprint density at radius 2 is 1.70 bits per heavy atom. The first-order chi connectivity index (χ1) is 9.13. The molecule has 2 aromatic rings. The summed E-state index contributed by atoms with van der Waals surface area (Å²) in [6.45, 7) is 3.48. The van der Waals surface area contributed by atoms with E-state index < -0.39 is 15.6 Å². The van der Waals surface area contributed by atoms with Gasteiger partial charge in [0, 0.05) is 5.39 Å². The van der Waals surface area contributed by atoms with Gasteiger partial charge in [-0.05, 0) is 36.4 Å². The predicted molar refractivity (Wildman–Crippen MR) is 69.0 cm³/mol. The van der Waals surface area contributed by atoms with E-state index in [4.69, 9.17) is 0 Å². The molecule has 0 aliphatic heterocycles. The number of rotatable bonds is 2. The lowest BCUT2D eigenvalue weighted by Crippen LogP contribution is -2.28. The first kappa shape index (κ1) is 14.6. The topological polar surface area (TPSA) is 43.4 Å². The lowest BCUT2D eigenvalue weighted by Gasteiger charge is -2.13. The van der Waals surface area contributed by atoms with Crippen molar-refractivity contribution in [3.8, 4) is 5.75 Å². The number of alkyl halides is 3. The predicted octanol–water partition coefficient (Wildman–Crippen LogP) is 3.69. The van der Waals surface area contributed by atoms with Crippen molar-refractivity contribution in [3.63, 3.8) is 0 Å². The molecule has 0 bridgehead atoms. The van der Waals surface area contributed by atoms with E-state index in [9.17, 15) is 21.6 Å². The maximum atomic E-state index is 12.4. The Hall–Kier alpha value is -1.76. The van der Waals surface area contributed by atoms with Crippen LogP contribution in [-0.2, 0) is 10.1 Å². The maximum absolute atomic E-state index is 12.4. The summed E-state index contributed by atoms with van der Waals surface area (Å²) in [4.78, 5) is 0. The monoisotopic (exact) mass is 304 g/mol. The first-order valence-electron chi connectivity index (χ1n) is 5.63. The molecule has 0 fully saturated rings. The van der Waals surface area contributed by atoms with Crippen LogP contribution in [0.5, 0.6) is 5.75 Å². The van der Waals surface area contributed by atoms with E-state index in [1.165, 1.54) is 12.1 Å². The largest absolute Gasteiger partial charge is 0.534 e. The highest BCUT2D eigenvalue weighted by Gasteiger charge is 2.48. The molecule has 0 radical (unpaired) electrons. The summed E-state index contributed by atoms with van der Waals surface area (Å²) in [5.41, 5.74) is -3.94. The number of fused-ring (bicyclic) bond motifs is 1. The fourth-order valence-corrected chi connectivity index (χ4v) is 2.33. The second-order valence-corrected chi connectivity index (χ2v) is 5.88. The van der Waals surface area contributed by atoms with Crippen molar-refractivity contribution in [2.45, 2.75) is 19.4 Å². The Morgan fingerprint density at radius 3 is 2.30 bits per heavy atom. The lowest BCUT2D eigenvalue weighted by atomic mass is 10.0. The van der Waals surface area contributed by atoms with Crippen LogP contribution in [-0.4, -0.2) is 13.9 Å². The Balaban J connectivity index is 2.65. The summed E-state index contributed by atoms with van der Waals surface area (Å²) >= 11 is 0. The van der Waals surface area contributed by atoms with Gasteiger partial charge in [-0.3, -0.25) is 0 Å². The SMILES string of the molecule is Cc1ccc2cccc(OS(=O)(=O)C(F)(F)F)c2c1C. The molecule has 0 amide bonds.